The molecular weight excluding hydrogens is 422 g/mol. The molecule has 0 fully saturated rings. The van der Waals surface area contributed by atoms with Crippen LogP contribution in [0.5, 0.6) is 0 Å². The zero-order valence-corrected chi connectivity index (χ0v) is 17.9. The molecule has 0 amide bonds. The molecule has 0 spiro atoms. The summed E-state index contributed by atoms with van der Waals surface area (Å²) in [5.74, 6) is 0.186. The summed E-state index contributed by atoms with van der Waals surface area (Å²) in [6.45, 7) is 1.16. The molecule has 0 radical (unpaired) electrons. The molecule has 0 aliphatic heterocycles. The number of hydrogen-bond acceptors (Lipinski definition) is 4. The number of carbonyl (C=O) groups excluding carboxylic acids is 1. The van der Waals surface area contributed by atoms with Crippen molar-refractivity contribution in [2.45, 2.75) is 13.1 Å². The summed E-state index contributed by atoms with van der Waals surface area (Å²) < 4.78 is 2.08. The van der Waals surface area contributed by atoms with Gasteiger partial charge in [-0.1, -0.05) is 41.9 Å². The van der Waals surface area contributed by atoms with Crippen LogP contribution in [0.2, 0.25) is 5.02 Å². The van der Waals surface area contributed by atoms with E-state index in [1.807, 2.05) is 66.9 Å². The minimum atomic E-state index is -0.135. The van der Waals surface area contributed by atoms with Crippen molar-refractivity contribution in [1.82, 2.24) is 19.5 Å². The number of nitrogens with one attached hydrogen (secondary N) is 2. The van der Waals surface area contributed by atoms with E-state index < -0.39 is 0 Å². The molecule has 3 heterocycles. The van der Waals surface area contributed by atoms with Gasteiger partial charge in [0.15, 0.2) is 5.82 Å². The third-order valence-corrected chi connectivity index (χ3v) is 5.54. The standard InChI is InChI=1S/C25H20ClN5O/c26-18-9-7-17(8-10-18)15-31-16-22(21-5-1-2-6-23(21)31)24(32)25-29-14-20(30-25)13-28-19-4-3-11-27-12-19/h1-12,14,16,28H,13,15H2,(H,29,30). The van der Waals surface area contributed by atoms with Crippen LogP contribution in [0, 0.1) is 0 Å². The highest BCUT2D eigenvalue weighted by Crippen LogP contribution is 2.25. The summed E-state index contributed by atoms with van der Waals surface area (Å²) in [5.41, 5.74) is 4.45. The van der Waals surface area contributed by atoms with Crippen molar-refractivity contribution < 1.29 is 4.79 Å². The number of halogens is 1. The molecule has 5 aromatic rings. The van der Waals surface area contributed by atoms with Crippen molar-refractivity contribution in [1.29, 1.82) is 0 Å². The van der Waals surface area contributed by atoms with E-state index in [0.717, 1.165) is 27.8 Å². The van der Waals surface area contributed by atoms with Gasteiger partial charge in [0.05, 0.1) is 29.7 Å². The van der Waals surface area contributed by atoms with Crippen LogP contribution in [-0.4, -0.2) is 25.3 Å². The van der Waals surface area contributed by atoms with Crippen LogP contribution in [0.25, 0.3) is 10.9 Å². The molecule has 6 nitrogen and oxygen atoms in total. The maximum Gasteiger partial charge on any atom is 0.230 e. The largest absolute Gasteiger partial charge is 0.378 e. The number of H-pyrrole nitrogens is 1. The monoisotopic (exact) mass is 441 g/mol. The van der Waals surface area contributed by atoms with Gasteiger partial charge in [0.2, 0.25) is 5.78 Å². The molecule has 5 rings (SSSR count). The van der Waals surface area contributed by atoms with E-state index in [1.165, 1.54) is 0 Å². The molecule has 158 valence electrons. The molecule has 0 atom stereocenters. The van der Waals surface area contributed by atoms with Gasteiger partial charge < -0.3 is 14.9 Å². The number of para-hydroxylation sites is 1. The van der Waals surface area contributed by atoms with Gasteiger partial charge in [0.1, 0.15) is 0 Å². The summed E-state index contributed by atoms with van der Waals surface area (Å²) in [6.07, 6.45) is 7.06. The summed E-state index contributed by atoms with van der Waals surface area (Å²) in [4.78, 5) is 24.9. The van der Waals surface area contributed by atoms with E-state index >= 15 is 0 Å². The second-order valence-electron chi connectivity index (χ2n) is 7.50. The molecule has 2 N–H and O–H groups in total. The fourth-order valence-corrected chi connectivity index (χ4v) is 3.83. The number of fused-ring (bicyclic) bond motifs is 1. The molecule has 0 saturated heterocycles. The normalized spacial score (nSPS) is 11.0. The number of nitrogens with zero attached hydrogens (tertiary/aromatic N) is 3. The molecule has 0 aliphatic carbocycles. The van der Waals surface area contributed by atoms with Gasteiger partial charge in [-0.25, -0.2) is 4.98 Å². The topological polar surface area (TPSA) is 75.6 Å². The highest BCUT2D eigenvalue weighted by Gasteiger charge is 2.19. The molecule has 0 bridgehead atoms. The Kier molecular flexibility index (Phi) is 5.44. The highest BCUT2D eigenvalue weighted by atomic mass is 35.5. The highest BCUT2D eigenvalue weighted by molar-refractivity contribution is 6.30. The number of aromatic nitrogens is 4. The fourth-order valence-electron chi connectivity index (χ4n) is 3.70. The molecule has 2 aromatic carbocycles. The second-order valence-corrected chi connectivity index (χ2v) is 7.93. The number of rotatable bonds is 7. The van der Waals surface area contributed by atoms with Crippen molar-refractivity contribution >= 4 is 34.0 Å². The summed E-state index contributed by atoms with van der Waals surface area (Å²) in [6, 6.07) is 19.4. The first-order valence-corrected chi connectivity index (χ1v) is 10.6. The lowest BCUT2D eigenvalue weighted by atomic mass is 10.1. The summed E-state index contributed by atoms with van der Waals surface area (Å²) in [7, 11) is 0. The van der Waals surface area contributed by atoms with Crippen molar-refractivity contribution in [3.63, 3.8) is 0 Å². The number of anilines is 1. The van der Waals surface area contributed by atoms with Crippen LogP contribution < -0.4 is 5.32 Å². The van der Waals surface area contributed by atoms with E-state index in [2.05, 4.69) is 24.8 Å². The number of imidazole rings is 1. The Morgan fingerprint density at radius 2 is 1.88 bits per heavy atom. The molecule has 7 heteroatoms. The number of pyridine rings is 1. The maximum absolute atomic E-state index is 13.3. The van der Waals surface area contributed by atoms with Crippen molar-refractivity contribution in [2.24, 2.45) is 0 Å². The van der Waals surface area contributed by atoms with E-state index in [0.29, 0.717) is 29.5 Å². The Balaban J connectivity index is 1.40. The third kappa shape index (κ3) is 4.13. The SMILES string of the molecule is O=C(c1ncc(CNc2cccnc2)[nH]1)c1cn(Cc2ccc(Cl)cc2)c2ccccc12. The molecule has 0 aliphatic rings. The van der Waals surface area contributed by atoms with E-state index in [4.69, 9.17) is 11.6 Å². The Labute approximate surface area is 189 Å². The Morgan fingerprint density at radius 1 is 1.03 bits per heavy atom. The quantitative estimate of drug-likeness (QED) is 0.336. The second kappa shape index (κ2) is 8.69. The number of carbonyl (C=O) groups is 1. The average Bonchev–Trinajstić information content (AvgIpc) is 3.45. The van der Waals surface area contributed by atoms with Gasteiger partial charge in [0.25, 0.3) is 0 Å². The lowest BCUT2D eigenvalue weighted by Crippen LogP contribution is -2.05. The van der Waals surface area contributed by atoms with Gasteiger partial charge in [-0.2, -0.15) is 0 Å². The minimum absolute atomic E-state index is 0.135. The van der Waals surface area contributed by atoms with E-state index in [9.17, 15) is 4.79 Å². The number of aromatic amines is 1. The van der Waals surface area contributed by atoms with Crippen LogP contribution in [0.4, 0.5) is 5.69 Å². The van der Waals surface area contributed by atoms with Crippen LogP contribution >= 0.6 is 11.6 Å². The van der Waals surface area contributed by atoms with Gasteiger partial charge in [-0.3, -0.25) is 9.78 Å². The Morgan fingerprint density at radius 3 is 2.69 bits per heavy atom. The molecule has 32 heavy (non-hydrogen) atoms. The van der Waals surface area contributed by atoms with Gasteiger partial charge >= 0.3 is 0 Å². The Bertz CT molecular complexity index is 1370. The first-order chi connectivity index (χ1) is 15.7. The molecular formula is C25H20ClN5O. The number of ketones is 1. The van der Waals surface area contributed by atoms with Crippen LogP contribution in [0.1, 0.15) is 27.4 Å². The number of benzene rings is 2. The predicted octanol–water partition coefficient (Wildman–Crippen LogP) is 5.30. The van der Waals surface area contributed by atoms with Gasteiger partial charge in [0, 0.05) is 41.1 Å². The molecule has 0 unspecified atom stereocenters. The van der Waals surface area contributed by atoms with Crippen molar-refractivity contribution in [3.05, 3.63) is 113 Å². The summed E-state index contributed by atoms with van der Waals surface area (Å²) >= 11 is 6.01. The zero-order chi connectivity index (χ0) is 21.9. The predicted molar refractivity (Wildman–Crippen MR) is 126 cm³/mol. The minimum Gasteiger partial charge on any atom is -0.378 e. The van der Waals surface area contributed by atoms with Crippen LogP contribution in [0.15, 0.2) is 85.5 Å². The fraction of sp³-hybridized carbons (Fsp3) is 0.0800. The molecule has 3 aromatic heterocycles. The summed E-state index contributed by atoms with van der Waals surface area (Å²) in [5, 5.41) is 4.86. The first kappa shape index (κ1) is 20.0. The van der Waals surface area contributed by atoms with E-state index in [1.54, 1.807) is 18.6 Å². The average molecular weight is 442 g/mol. The lowest BCUT2D eigenvalue weighted by Gasteiger charge is -2.05. The third-order valence-electron chi connectivity index (χ3n) is 5.29. The smallest absolute Gasteiger partial charge is 0.230 e. The number of hydrogen-bond donors (Lipinski definition) is 2. The van der Waals surface area contributed by atoms with E-state index in [-0.39, 0.29) is 5.78 Å². The van der Waals surface area contributed by atoms with Crippen molar-refractivity contribution in [3.8, 4) is 0 Å². The lowest BCUT2D eigenvalue weighted by molar-refractivity contribution is 0.103. The van der Waals surface area contributed by atoms with Crippen LogP contribution in [0.3, 0.4) is 0 Å². The first-order valence-electron chi connectivity index (χ1n) is 10.2. The van der Waals surface area contributed by atoms with Crippen molar-refractivity contribution in [2.75, 3.05) is 5.32 Å². The van der Waals surface area contributed by atoms with Gasteiger partial charge in [-0.15, -0.1) is 0 Å². The van der Waals surface area contributed by atoms with Crippen LogP contribution in [-0.2, 0) is 13.1 Å². The Hall–Kier alpha value is -3.90. The zero-order valence-electron chi connectivity index (χ0n) is 17.1. The molecule has 0 saturated carbocycles. The maximum atomic E-state index is 13.3. The van der Waals surface area contributed by atoms with Gasteiger partial charge in [-0.05, 0) is 35.9 Å².